The number of furan rings is 1. The zero-order valence-corrected chi connectivity index (χ0v) is 12.4. The second kappa shape index (κ2) is 6.05. The van der Waals surface area contributed by atoms with E-state index < -0.39 is 0 Å². The molecule has 1 N–H and O–H groups in total. The third-order valence-electron chi connectivity index (χ3n) is 3.84. The normalized spacial score (nSPS) is 18.2. The van der Waals surface area contributed by atoms with Crippen LogP contribution in [0.3, 0.4) is 0 Å². The highest BCUT2D eigenvalue weighted by atomic mass is 16.3. The van der Waals surface area contributed by atoms with Crippen molar-refractivity contribution < 1.29 is 9.21 Å². The Morgan fingerprint density at radius 1 is 1.50 bits per heavy atom. The highest BCUT2D eigenvalue weighted by molar-refractivity contribution is 5.94. The van der Waals surface area contributed by atoms with Crippen LogP contribution in [0, 0.1) is 0 Å². The number of carbonyl (C=O) groups excluding carboxylic acids is 1. The molecule has 1 fully saturated rings. The van der Waals surface area contributed by atoms with E-state index in [-0.39, 0.29) is 17.5 Å². The van der Waals surface area contributed by atoms with Gasteiger partial charge in [-0.25, -0.2) is 4.98 Å². The Bertz CT molecular complexity index is 708. The predicted molar refractivity (Wildman–Crippen MR) is 80.9 cm³/mol. The van der Waals surface area contributed by atoms with Crippen LogP contribution in [-0.2, 0) is 7.05 Å². The number of aryl methyl sites for hydroxylation is 1. The van der Waals surface area contributed by atoms with E-state index >= 15 is 0 Å². The second-order valence-electron chi connectivity index (χ2n) is 5.44. The lowest BCUT2D eigenvalue weighted by atomic mass is 10.1. The smallest absolute Gasteiger partial charge is 0.293 e. The molecule has 1 atom stereocenters. The first kappa shape index (κ1) is 14.4. The molecule has 22 heavy (non-hydrogen) atoms. The van der Waals surface area contributed by atoms with Crippen LogP contribution in [-0.4, -0.2) is 34.6 Å². The van der Waals surface area contributed by atoms with Gasteiger partial charge < -0.3 is 19.2 Å². The van der Waals surface area contributed by atoms with Crippen LogP contribution in [0.2, 0.25) is 0 Å². The first-order valence-corrected chi connectivity index (χ1v) is 7.25. The predicted octanol–water partition coefficient (Wildman–Crippen LogP) is 0.772. The maximum absolute atomic E-state index is 12.1. The van der Waals surface area contributed by atoms with Crippen molar-refractivity contribution in [2.24, 2.45) is 7.05 Å². The van der Waals surface area contributed by atoms with Crippen LogP contribution < -0.4 is 15.8 Å². The summed E-state index contributed by atoms with van der Waals surface area (Å²) in [5.74, 6) is 0.279. The molecule has 7 heteroatoms. The summed E-state index contributed by atoms with van der Waals surface area (Å²) in [6.07, 6.45) is 7.92. The van der Waals surface area contributed by atoms with Crippen LogP contribution in [0.5, 0.6) is 0 Å². The van der Waals surface area contributed by atoms with E-state index in [1.165, 1.54) is 17.1 Å². The fourth-order valence-electron chi connectivity index (χ4n) is 2.65. The van der Waals surface area contributed by atoms with Crippen molar-refractivity contribution in [3.05, 3.63) is 46.9 Å². The number of hydrogen-bond acceptors (Lipinski definition) is 5. The van der Waals surface area contributed by atoms with E-state index in [0.717, 1.165) is 19.4 Å². The lowest BCUT2D eigenvalue weighted by Crippen LogP contribution is -2.49. The number of nitrogens with one attached hydrogen (secondary N) is 1. The molecule has 0 aliphatic carbocycles. The Kier molecular flexibility index (Phi) is 3.95. The summed E-state index contributed by atoms with van der Waals surface area (Å²) in [4.78, 5) is 30.3. The molecule has 0 spiro atoms. The molecule has 1 aliphatic rings. The van der Waals surface area contributed by atoms with Crippen molar-refractivity contribution in [3.8, 4) is 0 Å². The summed E-state index contributed by atoms with van der Waals surface area (Å²) in [7, 11) is 1.70. The first-order valence-electron chi connectivity index (χ1n) is 7.25. The molecule has 1 amide bonds. The van der Waals surface area contributed by atoms with Crippen molar-refractivity contribution >= 4 is 11.7 Å². The van der Waals surface area contributed by atoms with Gasteiger partial charge in [0.1, 0.15) is 6.26 Å². The van der Waals surface area contributed by atoms with Gasteiger partial charge >= 0.3 is 0 Å². The van der Waals surface area contributed by atoms with Crippen molar-refractivity contribution in [2.45, 2.75) is 18.9 Å². The minimum absolute atomic E-state index is 0.0112. The van der Waals surface area contributed by atoms with E-state index in [4.69, 9.17) is 4.42 Å². The largest absolute Gasteiger partial charge is 0.472 e. The quantitative estimate of drug-likeness (QED) is 0.906. The monoisotopic (exact) mass is 302 g/mol. The van der Waals surface area contributed by atoms with E-state index in [0.29, 0.717) is 17.9 Å². The zero-order valence-electron chi connectivity index (χ0n) is 12.4. The van der Waals surface area contributed by atoms with Crippen LogP contribution in [0.25, 0.3) is 0 Å². The van der Waals surface area contributed by atoms with Crippen molar-refractivity contribution in [1.82, 2.24) is 14.9 Å². The minimum Gasteiger partial charge on any atom is -0.472 e. The van der Waals surface area contributed by atoms with Gasteiger partial charge in [0.2, 0.25) is 0 Å². The minimum atomic E-state index is -0.158. The highest BCUT2D eigenvalue weighted by Crippen LogP contribution is 2.15. The standard InChI is InChI=1S/C15H18N4O3/c1-18-7-5-16-13(15(18)21)19-6-2-3-12(9-19)17-14(20)11-4-8-22-10-11/h4-5,7-8,10,12H,2-3,6,9H2,1H3,(H,17,20)/t12-/m0/s1. The molecular formula is C15H18N4O3. The average molecular weight is 302 g/mol. The molecule has 3 rings (SSSR count). The van der Waals surface area contributed by atoms with Gasteiger partial charge in [0, 0.05) is 38.6 Å². The molecule has 2 aromatic rings. The van der Waals surface area contributed by atoms with Gasteiger partial charge in [0.25, 0.3) is 11.5 Å². The van der Waals surface area contributed by atoms with E-state index in [9.17, 15) is 9.59 Å². The maximum atomic E-state index is 12.1. The SMILES string of the molecule is Cn1ccnc(N2CCC[C@H](NC(=O)c3ccoc3)C2)c1=O. The fraction of sp³-hybridized carbons (Fsp3) is 0.400. The molecule has 0 unspecified atom stereocenters. The molecule has 3 heterocycles. The number of carbonyl (C=O) groups is 1. The molecule has 1 aliphatic heterocycles. The van der Waals surface area contributed by atoms with Crippen LogP contribution in [0.15, 0.2) is 40.2 Å². The zero-order chi connectivity index (χ0) is 15.5. The molecule has 0 bridgehead atoms. The lowest BCUT2D eigenvalue weighted by molar-refractivity contribution is 0.0932. The summed E-state index contributed by atoms with van der Waals surface area (Å²) in [6, 6.07) is 1.62. The molecule has 0 radical (unpaired) electrons. The number of hydrogen-bond donors (Lipinski definition) is 1. The Labute approximate surface area is 127 Å². The van der Waals surface area contributed by atoms with Gasteiger partial charge in [-0.1, -0.05) is 0 Å². The summed E-state index contributed by atoms with van der Waals surface area (Å²) < 4.78 is 6.43. The lowest BCUT2D eigenvalue weighted by Gasteiger charge is -2.33. The van der Waals surface area contributed by atoms with E-state index in [1.807, 2.05) is 4.90 Å². The average Bonchev–Trinajstić information content (AvgIpc) is 3.05. The van der Waals surface area contributed by atoms with Crippen molar-refractivity contribution in [1.29, 1.82) is 0 Å². The maximum Gasteiger partial charge on any atom is 0.293 e. The van der Waals surface area contributed by atoms with Crippen LogP contribution >= 0.6 is 0 Å². The molecule has 2 aromatic heterocycles. The first-order chi connectivity index (χ1) is 10.6. The summed E-state index contributed by atoms with van der Waals surface area (Å²) in [5, 5.41) is 2.98. The van der Waals surface area contributed by atoms with Gasteiger partial charge in [-0.3, -0.25) is 9.59 Å². The van der Waals surface area contributed by atoms with Gasteiger partial charge in [-0.2, -0.15) is 0 Å². The Morgan fingerprint density at radius 3 is 3.14 bits per heavy atom. The summed E-state index contributed by atoms with van der Waals surface area (Å²) >= 11 is 0. The van der Waals surface area contributed by atoms with E-state index in [2.05, 4.69) is 10.3 Å². The third-order valence-corrected chi connectivity index (χ3v) is 3.84. The van der Waals surface area contributed by atoms with Crippen molar-refractivity contribution in [2.75, 3.05) is 18.0 Å². The molecule has 116 valence electrons. The van der Waals surface area contributed by atoms with Gasteiger partial charge in [-0.15, -0.1) is 0 Å². The number of nitrogens with zero attached hydrogens (tertiary/aromatic N) is 3. The Hall–Kier alpha value is -2.57. The van der Waals surface area contributed by atoms with Crippen molar-refractivity contribution in [3.63, 3.8) is 0 Å². The number of piperidine rings is 1. The Morgan fingerprint density at radius 2 is 2.36 bits per heavy atom. The highest BCUT2D eigenvalue weighted by Gasteiger charge is 2.24. The second-order valence-corrected chi connectivity index (χ2v) is 5.44. The van der Waals surface area contributed by atoms with Gasteiger partial charge in [0.05, 0.1) is 11.8 Å². The fourth-order valence-corrected chi connectivity index (χ4v) is 2.65. The van der Waals surface area contributed by atoms with Gasteiger partial charge in [-0.05, 0) is 18.9 Å². The number of anilines is 1. The number of amides is 1. The van der Waals surface area contributed by atoms with E-state index in [1.54, 1.807) is 25.5 Å². The molecule has 1 saturated heterocycles. The van der Waals surface area contributed by atoms with Crippen LogP contribution in [0.1, 0.15) is 23.2 Å². The topological polar surface area (TPSA) is 80.4 Å². The molecule has 0 aromatic carbocycles. The molecular weight excluding hydrogens is 284 g/mol. The molecule has 0 saturated carbocycles. The summed E-state index contributed by atoms with van der Waals surface area (Å²) in [6.45, 7) is 1.35. The Balaban J connectivity index is 1.70. The molecule has 7 nitrogen and oxygen atoms in total. The van der Waals surface area contributed by atoms with Gasteiger partial charge in [0.15, 0.2) is 5.82 Å². The third kappa shape index (κ3) is 2.88. The summed E-state index contributed by atoms with van der Waals surface area (Å²) in [5.41, 5.74) is 0.384. The number of aromatic nitrogens is 2. The van der Waals surface area contributed by atoms with Crippen LogP contribution in [0.4, 0.5) is 5.82 Å². The number of rotatable bonds is 3.